The number of aromatic nitrogens is 2. The van der Waals surface area contributed by atoms with Crippen molar-refractivity contribution in [2.45, 2.75) is 13.1 Å². The summed E-state index contributed by atoms with van der Waals surface area (Å²) in [7, 11) is 3.69. The fourth-order valence-electron chi connectivity index (χ4n) is 1.75. The molecule has 0 aliphatic rings. The topological polar surface area (TPSA) is 39.1 Å². The number of rotatable bonds is 5. The van der Waals surface area contributed by atoms with Crippen molar-refractivity contribution in [1.82, 2.24) is 14.9 Å². The van der Waals surface area contributed by atoms with Gasteiger partial charge in [0.15, 0.2) is 0 Å². The van der Waals surface area contributed by atoms with Gasteiger partial charge in [-0.05, 0) is 18.2 Å². The van der Waals surface area contributed by atoms with Crippen LogP contribution in [0.3, 0.4) is 0 Å². The van der Waals surface area contributed by atoms with Gasteiger partial charge in [0.2, 0.25) is 5.88 Å². The second-order valence-corrected chi connectivity index (χ2v) is 3.89. The zero-order valence-corrected chi connectivity index (χ0v) is 10.2. The molecular formula is C13H17N3O. The lowest BCUT2D eigenvalue weighted by Crippen LogP contribution is -2.15. The number of ether oxygens (including phenoxy) is 1. The van der Waals surface area contributed by atoms with Gasteiger partial charge in [-0.1, -0.05) is 6.07 Å². The summed E-state index contributed by atoms with van der Waals surface area (Å²) in [6, 6.07) is 8.08. The molecule has 2 aromatic rings. The molecule has 0 saturated carbocycles. The number of hydrogen-bond acceptors (Lipinski definition) is 3. The maximum atomic E-state index is 5.20. The van der Waals surface area contributed by atoms with Gasteiger partial charge in [0, 0.05) is 43.8 Å². The van der Waals surface area contributed by atoms with Crippen LogP contribution in [0.1, 0.15) is 11.3 Å². The van der Waals surface area contributed by atoms with Crippen LogP contribution in [-0.4, -0.2) is 16.7 Å². The molecule has 17 heavy (non-hydrogen) atoms. The zero-order valence-electron chi connectivity index (χ0n) is 10.2. The average Bonchev–Trinajstić information content (AvgIpc) is 2.76. The van der Waals surface area contributed by atoms with E-state index in [0.717, 1.165) is 18.7 Å². The Morgan fingerprint density at radius 2 is 2.18 bits per heavy atom. The molecule has 0 saturated heterocycles. The molecule has 2 heterocycles. The number of methoxy groups -OCH3 is 1. The fourth-order valence-corrected chi connectivity index (χ4v) is 1.75. The standard InChI is InChI=1S/C13H17N3O/c1-16-8-4-6-12(16)10-14-9-11-5-3-7-15-13(11)17-2/h3-8,14H,9-10H2,1-2H3. The first-order valence-electron chi connectivity index (χ1n) is 5.60. The highest BCUT2D eigenvalue weighted by molar-refractivity contribution is 5.25. The second kappa shape index (κ2) is 5.50. The Hall–Kier alpha value is -1.81. The highest BCUT2D eigenvalue weighted by Gasteiger charge is 2.03. The van der Waals surface area contributed by atoms with Gasteiger partial charge in [-0.15, -0.1) is 0 Å². The van der Waals surface area contributed by atoms with Crippen LogP contribution in [-0.2, 0) is 20.1 Å². The molecule has 0 unspecified atom stereocenters. The first-order chi connectivity index (χ1) is 8.31. The Balaban J connectivity index is 1.92. The van der Waals surface area contributed by atoms with E-state index < -0.39 is 0 Å². The number of nitrogens with one attached hydrogen (secondary N) is 1. The third-order valence-electron chi connectivity index (χ3n) is 2.72. The molecular weight excluding hydrogens is 214 g/mol. The molecule has 0 atom stereocenters. The first kappa shape index (κ1) is 11.7. The molecule has 0 spiro atoms. The van der Waals surface area contributed by atoms with E-state index in [1.54, 1.807) is 13.3 Å². The highest BCUT2D eigenvalue weighted by atomic mass is 16.5. The quantitative estimate of drug-likeness (QED) is 0.851. The van der Waals surface area contributed by atoms with Gasteiger partial charge in [-0.25, -0.2) is 4.98 Å². The van der Waals surface area contributed by atoms with E-state index in [1.165, 1.54) is 5.69 Å². The minimum atomic E-state index is 0.687. The lowest BCUT2D eigenvalue weighted by atomic mass is 10.2. The van der Waals surface area contributed by atoms with Crippen LogP contribution >= 0.6 is 0 Å². The molecule has 0 aliphatic carbocycles. The summed E-state index contributed by atoms with van der Waals surface area (Å²) >= 11 is 0. The van der Waals surface area contributed by atoms with Gasteiger partial charge in [-0.2, -0.15) is 0 Å². The summed E-state index contributed by atoms with van der Waals surface area (Å²) in [5.74, 6) is 0.687. The van der Waals surface area contributed by atoms with Crippen LogP contribution in [0.5, 0.6) is 5.88 Å². The molecule has 4 nitrogen and oxygen atoms in total. The predicted octanol–water partition coefficient (Wildman–Crippen LogP) is 1.72. The summed E-state index contributed by atoms with van der Waals surface area (Å²) in [4.78, 5) is 4.16. The molecule has 0 aromatic carbocycles. The van der Waals surface area contributed by atoms with Crippen LogP contribution in [0.4, 0.5) is 0 Å². The van der Waals surface area contributed by atoms with Crippen molar-refractivity contribution >= 4 is 0 Å². The van der Waals surface area contributed by atoms with Gasteiger partial charge in [-0.3, -0.25) is 0 Å². The van der Waals surface area contributed by atoms with Gasteiger partial charge in [0.05, 0.1) is 7.11 Å². The average molecular weight is 231 g/mol. The summed E-state index contributed by atoms with van der Waals surface area (Å²) in [5, 5.41) is 3.38. The number of nitrogens with zero attached hydrogens (tertiary/aromatic N) is 2. The van der Waals surface area contributed by atoms with E-state index in [1.807, 2.05) is 31.4 Å². The van der Waals surface area contributed by atoms with E-state index in [0.29, 0.717) is 5.88 Å². The molecule has 2 rings (SSSR count). The lowest BCUT2D eigenvalue weighted by Gasteiger charge is -2.08. The Bertz CT molecular complexity index is 479. The van der Waals surface area contributed by atoms with Gasteiger partial charge < -0.3 is 14.6 Å². The van der Waals surface area contributed by atoms with Crippen LogP contribution in [0.25, 0.3) is 0 Å². The maximum absolute atomic E-state index is 5.20. The first-order valence-corrected chi connectivity index (χ1v) is 5.60. The van der Waals surface area contributed by atoms with Crippen molar-refractivity contribution in [3.05, 3.63) is 47.9 Å². The highest BCUT2D eigenvalue weighted by Crippen LogP contribution is 2.13. The molecule has 90 valence electrons. The van der Waals surface area contributed by atoms with Crippen LogP contribution in [0, 0.1) is 0 Å². The van der Waals surface area contributed by atoms with E-state index in [9.17, 15) is 0 Å². The van der Waals surface area contributed by atoms with Crippen molar-refractivity contribution in [2.24, 2.45) is 7.05 Å². The predicted molar refractivity (Wildman–Crippen MR) is 66.7 cm³/mol. The number of hydrogen-bond donors (Lipinski definition) is 1. The van der Waals surface area contributed by atoms with Crippen LogP contribution < -0.4 is 10.1 Å². The Morgan fingerprint density at radius 1 is 1.29 bits per heavy atom. The van der Waals surface area contributed by atoms with E-state index in [4.69, 9.17) is 4.74 Å². The fraction of sp³-hybridized carbons (Fsp3) is 0.308. The van der Waals surface area contributed by atoms with E-state index >= 15 is 0 Å². The van der Waals surface area contributed by atoms with E-state index in [-0.39, 0.29) is 0 Å². The normalized spacial score (nSPS) is 10.5. The Morgan fingerprint density at radius 3 is 2.88 bits per heavy atom. The number of pyridine rings is 1. The minimum Gasteiger partial charge on any atom is -0.481 e. The van der Waals surface area contributed by atoms with Crippen molar-refractivity contribution in [2.75, 3.05) is 7.11 Å². The van der Waals surface area contributed by atoms with Gasteiger partial charge in [0.25, 0.3) is 0 Å². The molecule has 0 aliphatic heterocycles. The molecule has 4 heteroatoms. The van der Waals surface area contributed by atoms with Crippen molar-refractivity contribution < 1.29 is 4.74 Å². The maximum Gasteiger partial charge on any atom is 0.217 e. The summed E-state index contributed by atoms with van der Waals surface area (Å²) in [6.07, 6.45) is 3.78. The number of aryl methyl sites for hydroxylation is 1. The molecule has 0 amide bonds. The smallest absolute Gasteiger partial charge is 0.217 e. The third-order valence-corrected chi connectivity index (χ3v) is 2.72. The molecule has 0 radical (unpaired) electrons. The molecule has 2 aromatic heterocycles. The van der Waals surface area contributed by atoms with Gasteiger partial charge >= 0.3 is 0 Å². The summed E-state index contributed by atoms with van der Waals surface area (Å²) in [6.45, 7) is 1.59. The summed E-state index contributed by atoms with van der Waals surface area (Å²) < 4.78 is 7.31. The monoisotopic (exact) mass is 231 g/mol. The Labute approximate surface area is 101 Å². The largest absolute Gasteiger partial charge is 0.481 e. The lowest BCUT2D eigenvalue weighted by molar-refractivity contribution is 0.390. The zero-order chi connectivity index (χ0) is 12.1. The molecule has 1 N–H and O–H groups in total. The molecule has 0 fully saturated rings. The minimum absolute atomic E-state index is 0.687. The summed E-state index contributed by atoms with van der Waals surface area (Å²) in [5.41, 5.74) is 2.33. The van der Waals surface area contributed by atoms with Gasteiger partial charge in [0.1, 0.15) is 0 Å². The van der Waals surface area contributed by atoms with Crippen LogP contribution in [0.15, 0.2) is 36.7 Å². The third kappa shape index (κ3) is 2.85. The van der Waals surface area contributed by atoms with Crippen molar-refractivity contribution in [3.63, 3.8) is 0 Å². The van der Waals surface area contributed by atoms with Crippen molar-refractivity contribution in [3.8, 4) is 5.88 Å². The molecule has 0 bridgehead atoms. The van der Waals surface area contributed by atoms with E-state index in [2.05, 4.69) is 20.9 Å². The van der Waals surface area contributed by atoms with Crippen LogP contribution in [0.2, 0.25) is 0 Å². The van der Waals surface area contributed by atoms with Crippen molar-refractivity contribution in [1.29, 1.82) is 0 Å². The Kier molecular flexibility index (Phi) is 3.77. The SMILES string of the molecule is COc1ncccc1CNCc1cccn1C. The second-order valence-electron chi connectivity index (χ2n) is 3.89.